The molecule has 3 aromatic rings. The zero-order chi connectivity index (χ0) is 15.8. The number of H-pyrrole nitrogens is 1. The quantitative estimate of drug-likeness (QED) is 0.753. The molecule has 0 saturated heterocycles. The van der Waals surface area contributed by atoms with E-state index in [1.807, 2.05) is 29.3 Å². The molecule has 4 rings (SSSR count). The number of hydrogen-bond acceptors (Lipinski definition) is 3. The topological polar surface area (TPSA) is 62.1 Å². The van der Waals surface area contributed by atoms with Gasteiger partial charge in [0.05, 0.1) is 6.04 Å². The summed E-state index contributed by atoms with van der Waals surface area (Å²) in [7, 11) is 0. The van der Waals surface area contributed by atoms with Crippen LogP contribution in [0.25, 0.3) is 10.9 Å². The number of fused-ring (bicyclic) bond motifs is 2. The minimum absolute atomic E-state index is 0. The van der Waals surface area contributed by atoms with E-state index in [-0.39, 0.29) is 18.3 Å². The smallest absolute Gasteiger partial charge is 0.240 e. The number of amides is 1. The number of carbonyl (C=O) groups is 1. The first-order valence-electron chi connectivity index (χ1n) is 7.87. The van der Waals surface area contributed by atoms with Crippen molar-refractivity contribution in [3.8, 4) is 0 Å². The standard InChI is InChI=1S/C18H19N3OS.ClH/c19-15(9-13-10-20-16-4-2-1-3-14(13)16)18(22)21-7-5-17-12(11-21)6-8-23-17;/h1-4,6,8,10,15,20H,5,7,9,11,19H2;1H/t15-;/m0./s1. The second-order valence-corrected chi connectivity index (χ2v) is 7.05. The number of rotatable bonds is 3. The number of aromatic nitrogens is 1. The number of nitrogens with two attached hydrogens (primary N) is 1. The van der Waals surface area contributed by atoms with E-state index in [0.717, 1.165) is 29.4 Å². The summed E-state index contributed by atoms with van der Waals surface area (Å²) in [6.07, 6.45) is 3.47. The fraction of sp³-hybridized carbons (Fsp3) is 0.278. The van der Waals surface area contributed by atoms with Crippen molar-refractivity contribution >= 4 is 40.6 Å². The number of carbonyl (C=O) groups excluding carboxylic acids is 1. The Balaban J connectivity index is 0.00000169. The summed E-state index contributed by atoms with van der Waals surface area (Å²) in [5.41, 5.74) is 9.69. The van der Waals surface area contributed by atoms with E-state index in [4.69, 9.17) is 5.73 Å². The van der Waals surface area contributed by atoms with Crippen LogP contribution < -0.4 is 5.73 Å². The van der Waals surface area contributed by atoms with Gasteiger partial charge in [0.2, 0.25) is 5.91 Å². The molecule has 0 aliphatic carbocycles. The predicted octanol–water partition coefficient (Wildman–Crippen LogP) is 3.11. The van der Waals surface area contributed by atoms with Gasteiger partial charge in [-0.1, -0.05) is 18.2 Å². The minimum Gasteiger partial charge on any atom is -0.361 e. The van der Waals surface area contributed by atoms with Crippen molar-refractivity contribution in [2.45, 2.75) is 25.4 Å². The Morgan fingerprint density at radius 2 is 2.17 bits per heavy atom. The minimum atomic E-state index is -0.491. The highest BCUT2D eigenvalue weighted by atomic mass is 35.5. The fourth-order valence-electron chi connectivity index (χ4n) is 3.30. The summed E-state index contributed by atoms with van der Waals surface area (Å²) in [5.74, 6) is 0.0483. The third kappa shape index (κ3) is 3.07. The molecule has 1 aliphatic rings. The monoisotopic (exact) mass is 361 g/mol. The first-order chi connectivity index (χ1) is 11.2. The molecule has 4 nitrogen and oxygen atoms in total. The second kappa shape index (κ2) is 6.97. The number of nitrogens with one attached hydrogen (secondary N) is 1. The van der Waals surface area contributed by atoms with E-state index < -0.39 is 6.04 Å². The zero-order valence-corrected chi connectivity index (χ0v) is 14.8. The lowest BCUT2D eigenvalue weighted by molar-refractivity contribution is -0.133. The highest BCUT2D eigenvalue weighted by Crippen LogP contribution is 2.25. The van der Waals surface area contributed by atoms with Crippen molar-refractivity contribution in [1.82, 2.24) is 9.88 Å². The van der Waals surface area contributed by atoms with E-state index >= 15 is 0 Å². The molecule has 6 heteroatoms. The van der Waals surface area contributed by atoms with E-state index in [0.29, 0.717) is 13.0 Å². The first kappa shape index (κ1) is 17.0. The van der Waals surface area contributed by atoms with Gasteiger partial charge in [0.1, 0.15) is 0 Å². The van der Waals surface area contributed by atoms with Crippen LogP contribution in [0.15, 0.2) is 41.9 Å². The molecular formula is C18H20ClN3OS. The molecule has 126 valence electrons. The van der Waals surface area contributed by atoms with E-state index in [1.54, 1.807) is 11.3 Å². The Morgan fingerprint density at radius 3 is 3.04 bits per heavy atom. The average Bonchev–Trinajstić information content (AvgIpc) is 3.20. The van der Waals surface area contributed by atoms with Crippen molar-refractivity contribution in [2.24, 2.45) is 5.73 Å². The highest BCUT2D eigenvalue weighted by molar-refractivity contribution is 7.10. The lowest BCUT2D eigenvalue weighted by Crippen LogP contribution is -2.46. The summed E-state index contributed by atoms with van der Waals surface area (Å²) >= 11 is 1.78. The van der Waals surface area contributed by atoms with E-state index in [9.17, 15) is 4.79 Å². The number of para-hydroxylation sites is 1. The van der Waals surface area contributed by atoms with Crippen LogP contribution in [-0.4, -0.2) is 28.4 Å². The summed E-state index contributed by atoms with van der Waals surface area (Å²) in [4.78, 5) is 19.2. The highest BCUT2D eigenvalue weighted by Gasteiger charge is 2.26. The SMILES string of the molecule is Cl.N[C@@H](Cc1c[nH]c2ccccc12)C(=O)N1CCc2sccc2C1. The molecule has 3 heterocycles. The average molecular weight is 362 g/mol. The predicted molar refractivity (Wildman–Crippen MR) is 101 cm³/mol. The van der Waals surface area contributed by atoms with Crippen molar-refractivity contribution in [1.29, 1.82) is 0 Å². The van der Waals surface area contributed by atoms with Crippen LogP contribution in [0.2, 0.25) is 0 Å². The van der Waals surface area contributed by atoms with Crippen LogP contribution in [0.4, 0.5) is 0 Å². The van der Waals surface area contributed by atoms with Gasteiger partial charge in [-0.25, -0.2) is 0 Å². The normalized spacial score (nSPS) is 15.0. The first-order valence-corrected chi connectivity index (χ1v) is 8.75. The van der Waals surface area contributed by atoms with E-state index in [1.165, 1.54) is 10.4 Å². The maximum Gasteiger partial charge on any atom is 0.240 e. The van der Waals surface area contributed by atoms with E-state index in [2.05, 4.69) is 22.5 Å². The molecule has 2 aromatic heterocycles. The molecule has 24 heavy (non-hydrogen) atoms. The number of hydrogen-bond donors (Lipinski definition) is 2. The van der Waals surface area contributed by atoms with Crippen molar-refractivity contribution in [2.75, 3.05) is 6.54 Å². The maximum atomic E-state index is 12.7. The maximum absolute atomic E-state index is 12.7. The molecule has 0 fully saturated rings. The van der Waals surface area contributed by atoms with Gasteiger partial charge in [-0.2, -0.15) is 0 Å². The Morgan fingerprint density at radius 1 is 1.33 bits per heavy atom. The summed E-state index contributed by atoms with van der Waals surface area (Å²) in [6, 6.07) is 9.74. The Labute approximate surface area is 151 Å². The molecular weight excluding hydrogens is 342 g/mol. The van der Waals surface area contributed by atoms with Crippen LogP contribution >= 0.6 is 23.7 Å². The second-order valence-electron chi connectivity index (χ2n) is 6.05. The molecule has 0 unspecified atom stereocenters. The van der Waals surface area contributed by atoms with Gasteiger partial charge in [0.25, 0.3) is 0 Å². The molecule has 0 saturated carbocycles. The van der Waals surface area contributed by atoms with Gasteiger partial charge < -0.3 is 15.6 Å². The molecule has 0 spiro atoms. The molecule has 1 aromatic carbocycles. The number of benzene rings is 1. The molecule has 1 amide bonds. The van der Waals surface area contributed by atoms with Crippen molar-refractivity contribution < 1.29 is 4.79 Å². The van der Waals surface area contributed by atoms with Crippen LogP contribution in [0, 0.1) is 0 Å². The summed E-state index contributed by atoms with van der Waals surface area (Å²) in [5, 5.41) is 3.25. The molecule has 0 radical (unpaired) electrons. The van der Waals surface area contributed by atoms with Crippen LogP contribution in [-0.2, 0) is 24.2 Å². The van der Waals surface area contributed by atoms with Crippen LogP contribution in [0.5, 0.6) is 0 Å². The van der Waals surface area contributed by atoms with Crippen LogP contribution in [0.1, 0.15) is 16.0 Å². The summed E-state index contributed by atoms with van der Waals surface area (Å²) in [6.45, 7) is 1.47. The fourth-order valence-corrected chi connectivity index (χ4v) is 4.19. The van der Waals surface area contributed by atoms with Gasteiger partial charge in [0.15, 0.2) is 0 Å². The number of nitrogens with zero attached hydrogens (tertiary/aromatic N) is 1. The number of halogens is 1. The Kier molecular flexibility index (Phi) is 4.94. The van der Waals surface area contributed by atoms with Crippen molar-refractivity contribution in [3.05, 3.63) is 57.9 Å². The van der Waals surface area contributed by atoms with Gasteiger partial charge in [-0.15, -0.1) is 23.7 Å². The largest absolute Gasteiger partial charge is 0.361 e. The molecule has 0 bridgehead atoms. The zero-order valence-electron chi connectivity index (χ0n) is 13.2. The van der Waals surface area contributed by atoms with Gasteiger partial charge in [-0.3, -0.25) is 4.79 Å². The third-order valence-electron chi connectivity index (χ3n) is 4.55. The lowest BCUT2D eigenvalue weighted by atomic mass is 10.0. The Bertz CT molecular complexity index is 857. The number of aromatic amines is 1. The molecule has 1 aliphatic heterocycles. The number of thiophene rings is 1. The Hall–Kier alpha value is -1.82. The van der Waals surface area contributed by atoms with Gasteiger partial charge >= 0.3 is 0 Å². The summed E-state index contributed by atoms with van der Waals surface area (Å²) < 4.78 is 0. The van der Waals surface area contributed by atoms with Crippen LogP contribution in [0.3, 0.4) is 0 Å². The molecule has 3 N–H and O–H groups in total. The van der Waals surface area contributed by atoms with Gasteiger partial charge in [0, 0.05) is 35.1 Å². The third-order valence-corrected chi connectivity index (χ3v) is 5.57. The van der Waals surface area contributed by atoms with Gasteiger partial charge in [-0.05, 0) is 41.5 Å². The lowest BCUT2D eigenvalue weighted by Gasteiger charge is -2.29. The molecule has 1 atom stereocenters. The van der Waals surface area contributed by atoms with Crippen molar-refractivity contribution in [3.63, 3.8) is 0 Å².